The van der Waals surface area contributed by atoms with Crippen LogP contribution in [0.25, 0.3) is 0 Å². The first-order chi connectivity index (χ1) is 20.2. The zero-order valence-electron chi connectivity index (χ0n) is 27.8. The largest absolute Gasteiger partial charge is 0.300 e. The predicted molar refractivity (Wildman–Crippen MR) is 185 cm³/mol. The van der Waals surface area contributed by atoms with Crippen LogP contribution in [0.5, 0.6) is 0 Å². The van der Waals surface area contributed by atoms with Gasteiger partial charge in [0, 0.05) is 12.8 Å². The molecular weight excluding hydrogens is 496 g/mol. The van der Waals surface area contributed by atoms with Crippen molar-refractivity contribution in [2.24, 2.45) is 5.41 Å². The van der Waals surface area contributed by atoms with E-state index >= 15 is 0 Å². The van der Waals surface area contributed by atoms with Gasteiger partial charge in [-0.3, -0.25) is 4.79 Å². The third-order valence-electron chi connectivity index (χ3n) is 8.96. The summed E-state index contributed by atoms with van der Waals surface area (Å²) in [4.78, 5) is 11.8. The van der Waals surface area contributed by atoms with Crippen LogP contribution in [0, 0.1) is 5.41 Å². The molecule has 0 aromatic rings. The minimum Gasteiger partial charge on any atom is -0.300 e. The van der Waals surface area contributed by atoms with E-state index in [1.807, 2.05) is 0 Å². The average Bonchev–Trinajstić information content (AvgIpc) is 2.95. The lowest BCUT2D eigenvalue weighted by atomic mass is 9.62. The number of carbonyl (C=O) groups is 1. The molecule has 0 bridgehead atoms. The van der Waals surface area contributed by atoms with Crippen LogP contribution in [0.1, 0.15) is 194 Å². The van der Waals surface area contributed by atoms with E-state index in [1.54, 1.807) is 0 Å². The van der Waals surface area contributed by atoms with E-state index < -0.39 is 0 Å². The summed E-state index contributed by atoms with van der Waals surface area (Å²) in [5.74, 6) is 0.519. The van der Waals surface area contributed by atoms with Crippen molar-refractivity contribution < 1.29 is 4.79 Å². The number of Topliss-reactive ketones (excluding diaryl/α,β-unsaturated/α-hetero) is 1. The average molecular weight is 567 g/mol. The molecule has 1 fully saturated rings. The summed E-state index contributed by atoms with van der Waals surface area (Å²) in [5, 5.41) is 0. The molecule has 1 saturated carbocycles. The third kappa shape index (κ3) is 23.8. The molecule has 0 radical (unpaired) electrons. The maximum atomic E-state index is 11.8. The van der Waals surface area contributed by atoms with Gasteiger partial charge >= 0.3 is 0 Å². The molecule has 0 aromatic carbocycles. The summed E-state index contributed by atoms with van der Waals surface area (Å²) < 4.78 is 0. The SMILES string of the molecule is CCCCCC=CCC=CCCCCCCCCC1(CCCCCCCCC=CCC=CCCCCC)CC(=O)C1. The normalized spacial score (nSPS) is 15.3. The highest BCUT2D eigenvalue weighted by atomic mass is 16.1. The van der Waals surface area contributed by atoms with Crippen LogP contribution in [-0.4, -0.2) is 5.78 Å². The number of hydrogen-bond donors (Lipinski definition) is 0. The molecule has 0 heterocycles. The van der Waals surface area contributed by atoms with Gasteiger partial charge in [0.05, 0.1) is 0 Å². The first-order valence-corrected chi connectivity index (χ1v) is 18.3. The van der Waals surface area contributed by atoms with Crippen LogP contribution in [0.15, 0.2) is 48.6 Å². The van der Waals surface area contributed by atoms with Crippen molar-refractivity contribution in [2.75, 3.05) is 0 Å². The Balaban J connectivity index is 1.93. The smallest absolute Gasteiger partial charge is 0.134 e. The zero-order chi connectivity index (χ0) is 29.5. The fourth-order valence-electron chi connectivity index (χ4n) is 6.24. The Kier molecular flexibility index (Phi) is 26.4. The zero-order valence-corrected chi connectivity index (χ0v) is 27.8. The molecule has 0 aromatic heterocycles. The van der Waals surface area contributed by atoms with Crippen LogP contribution >= 0.6 is 0 Å². The molecule has 0 amide bonds. The monoisotopic (exact) mass is 567 g/mol. The Hall–Kier alpha value is -1.37. The molecule has 1 rings (SSSR count). The third-order valence-corrected chi connectivity index (χ3v) is 8.96. The van der Waals surface area contributed by atoms with E-state index in [2.05, 4.69) is 62.5 Å². The van der Waals surface area contributed by atoms with Gasteiger partial charge in [-0.25, -0.2) is 0 Å². The lowest BCUT2D eigenvalue weighted by Crippen LogP contribution is -2.37. The van der Waals surface area contributed by atoms with E-state index in [4.69, 9.17) is 0 Å². The summed E-state index contributed by atoms with van der Waals surface area (Å²) in [6, 6.07) is 0. The lowest BCUT2D eigenvalue weighted by Gasteiger charge is -2.41. The van der Waals surface area contributed by atoms with Gasteiger partial charge in [-0.1, -0.05) is 152 Å². The van der Waals surface area contributed by atoms with Crippen molar-refractivity contribution in [2.45, 2.75) is 194 Å². The van der Waals surface area contributed by atoms with Crippen molar-refractivity contribution >= 4 is 5.78 Å². The molecule has 236 valence electrons. The van der Waals surface area contributed by atoms with Gasteiger partial charge in [0.25, 0.3) is 0 Å². The summed E-state index contributed by atoms with van der Waals surface area (Å²) in [7, 11) is 0. The summed E-state index contributed by atoms with van der Waals surface area (Å²) in [5.41, 5.74) is 0.390. The van der Waals surface area contributed by atoms with E-state index in [9.17, 15) is 4.79 Å². The molecule has 1 heteroatoms. The molecule has 1 aliphatic rings. The van der Waals surface area contributed by atoms with Crippen molar-refractivity contribution in [1.29, 1.82) is 0 Å². The standard InChI is InChI=1S/C40H70O/c1-3-5-7-9-11-13-15-17-19-21-23-25-27-29-31-33-35-40(37-39(41)38-40)36-34-32-30-28-26-24-22-20-18-16-14-12-10-8-6-4-2/h11-14,17-20H,3-10,15-16,21-38H2,1-2H3. The highest BCUT2D eigenvalue weighted by Crippen LogP contribution is 2.47. The number of carbonyl (C=O) groups excluding carboxylic acids is 1. The molecule has 0 N–H and O–H groups in total. The second kappa shape index (κ2) is 28.7. The lowest BCUT2D eigenvalue weighted by molar-refractivity contribution is -0.133. The minimum absolute atomic E-state index is 0.390. The maximum absolute atomic E-state index is 11.8. The highest BCUT2D eigenvalue weighted by molar-refractivity contribution is 5.86. The van der Waals surface area contributed by atoms with Crippen LogP contribution in [0.2, 0.25) is 0 Å². The van der Waals surface area contributed by atoms with Gasteiger partial charge in [-0.05, 0) is 82.5 Å². The van der Waals surface area contributed by atoms with Crippen molar-refractivity contribution in [3.63, 3.8) is 0 Å². The molecule has 0 aliphatic heterocycles. The van der Waals surface area contributed by atoms with Crippen molar-refractivity contribution in [1.82, 2.24) is 0 Å². The Labute approximate surface area is 257 Å². The van der Waals surface area contributed by atoms with Crippen LogP contribution < -0.4 is 0 Å². The van der Waals surface area contributed by atoms with Gasteiger partial charge in [0.2, 0.25) is 0 Å². The van der Waals surface area contributed by atoms with Gasteiger partial charge in [-0.2, -0.15) is 0 Å². The minimum atomic E-state index is 0.390. The van der Waals surface area contributed by atoms with Gasteiger partial charge in [-0.15, -0.1) is 0 Å². The highest BCUT2D eigenvalue weighted by Gasteiger charge is 2.41. The van der Waals surface area contributed by atoms with E-state index in [-0.39, 0.29) is 0 Å². The second-order valence-electron chi connectivity index (χ2n) is 13.1. The van der Waals surface area contributed by atoms with Crippen molar-refractivity contribution in [3.8, 4) is 0 Å². The fraction of sp³-hybridized carbons (Fsp3) is 0.775. The number of hydrogen-bond acceptors (Lipinski definition) is 1. The molecular formula is C40H70O. The number of unbranched alkanes of at least 4 members (excludes halogenated alkanes) is 18. The quantitative estimate of drug-likeness (QED) is 0.0624. The van der Waals surface area contributed by atoms with Crippen LogP contribution in [-0.2, 0) is 4.79 Å². The maximum Gasteiger partial charge on any atom is 0.134 e. The van der Waals surface area contributed by atoms with Crippen molar-refractivity contribution in [3.05, 3.63) is 48.6 Å². The van der Waals surface area contributed by atoms with E-state index in [1.165, 1.54) is 154 Å². The Morgan fingerprint density at radius 1 is 0.439 bits per heavy atom. The Bertz CT molecular complexity index is 636. The Morgan fingerprint density at radius 2 is 0.756 bits per heavy atom. The second-order valence-corrected chi connectivity index (χ2v) is 13.1. The summed E-state index contributed by atoms with van der Waals surface area (Å²) in [6.45, 7) is 4.53. The van der Waals surface area contributed by atoms with E-state index in [0.29, 0.717) is 11.2 Å². The summed E-state index contributed by atoms with van der Waals surface area (Å²) in [6.07, 6.45) is 54.6. The van der Waals surface area contributed by atoms with Gasteiger partial charge in [0.15, 0.2) is 0 Å². The molecule has 0 unspecified atom stereocenters. The molecule has 0 atom stereocenters. The fourth-order valence-corrected chi connectivity index (χ4v) is 6.24. The first kappa shape index (κ1) is 37.7. The first-order valence-electron chi connectivity index (χ1n) is 18.3. The van der Waals surface area contributed by atoms with Crippen LogP contribution in [0.3, 0.4) is 0 Å². The summed E-state index contributed by atoms with van der Waals surface area (Å²) >= 11 is 0. The molecule has 1 aliphatic carbocycles. The molecule has 0 spiro atoms. The van der Waals surface area contributed by atoms with Gasteiger partial charge < -0.3 is 0 Å². The number of ketones is 1. The van der Waals surface area contributed by atoms with Gasteiger partial charge in [0.1, 0.15) is 5.78 Å². The van der Waals surface area contributed by atoms with E-state index in [0.717, 1.165) is 25.7 Å². The Morgan fingerprint density at radius 3 is 1.10 bits per heavy atom. The number of rotatable bonds is 30. The molecule has 1 nitrogen and oxygen atoms in total. The van der Waals surface area contributed by atoms with Crippen LogP contribution in [0.4, 0.5) is 0 Å². The number of allylic oxidation sites excluding steroid dienone is 8. The molecule has 41 heavy (non-hydrogen) atoms. The molecule has 0 saturated heterocycles. The topological polar surface area (TPSA) is 17.1 Å². The predicted octanol–water partition coefficient (Wildman–Crippen LogP) is 13.7.